The average Bonchev–Trinajstić information content (AvgIpc) is 2.35. The standard InChI is InChI=1S/C16H27NOSi/c1-14(9-8-12-19(2,3)4)17-16(13-18)15-10-6-5-7-11-15/h5-8,10-12,14,16-18H,9,13H2,1-4H3/b12-8+/t14-,16-/m1/s1. The Kier molecular flexibility index (Phi) is 6.49. The van der Waals surface area contributed by atoms with Crippen LogP contribution in [-0.2, 0) is 0 Å². The van der Waals surface area contributed by atoms with Crippen LogP contribution in [0.1, 0.15) is 24.9 Å². The Bertz CT molecular complexity index is 383. The van der Waals surface area contributed by atoms with Crippen LogP contribution in [0.4, 0.5) is 0 Å². The Morgan fingerprint density at radius 2 is 1.84 bits per heavy atom. The lowest BCUT2D eigenvalue weighted by molar-refractivity contribution is 0.235. The van der Waals surface area contributed by atoms with Crippen molar-refractivity contribution in [1.82, 2.24) is 5.32 Å². The third kappa shape index (κ3) is 6.71. The second kappa shape index (κ2) is 7.63. The Morgan fingerprint density at radius 3 is 2.37 bits per heavy atom. The summed E-state index contributed by atoms with van der Waals surface area (Å²) >= 11 is 0. The molecule has 0 fully saturated rings. The molecule has 1 aromatic rings. The quantitative estimate of drug-likeness (QED) is 0.747. The van der Waals surface area contributed by atoms with Crippen molar-refractivity contribution >= 4 is 8.07 Å². The minimum atomic E-state index is -1.09. The lowest BCUT2D eigenvalue weighted by Gasteiger charge is -2.21. The lowest BCUT2D eigenvalue weighted by Crippen LogP contribution is -2.32. The van der Waals surface area contributed by atoms with E-state index >= 15 is 0 Å². The average molecular weight is 277 g/mol. The number of rotatable bonds is 7. The Hall–Kier alpha value is -0.903. The van der Waals surface area contributed by atoms with Crippen LogP contribution in [0.2, 0.25) is 19.6 Å². The molecular weight excluding hydrogens is 250 g/mol. The summed E-state index contributed by atoms with van der Waals surface area (Å²) in [5.74, 6) is 0. The van der Waals surface area contributed by atoms with E-state index in [1.54, 1.807) is 0 Å². The van der Waals surface area contributed by atoms with Gasteiger partial charge in [-0.2, -0.15) is 0 Å². The summed E-state index contributed by atoms with van der Waals surface area (Å²) in [6, 6.07) is 10.5. The van der Waals surface area contributed by atoms with Crippen LogP contribution < -0.4 is 5.32 Å². The summed E-state index contributed by atoms with van der Waals surface area (Å²) in [5.41, 5.74) is 3.52. The molecule has 3 heteroatoms. The molecule has 1 aromatic carbocycles. The summed E-state index contributed by atoms with van der Waals surface area (Å²) in [6.07, 6.45) is 3.29. The van der Waals surface area contributed by atoms with E-state index in [0.29, 0.717) is 6.04 Å². The van der Waals surface area contributed by atoms with Crippen molar-refractivity contribution in [2.45, 2.75) is 45.1 Å². The lowest BCUT2D eigenvalue weighted by atomic mass is 10.1. The van der Waals surface area contributed by atoms with Gasteiger partial charge in [-0.25, -0.2) is 0 Å². The summed E-state index contributed by atoms with van der Waals surface area (Å²) < 4.78 is 0. The molecule has 2 atom stereocenters. The van der Waals surface area contributed by atoms with Crippen LogP contribution >= 0.6 is 0 Å². The predicted molar refractivity (Wildman–Crippen MR) is 86.0 cm³/mol. The zero-order chi connectivity index (χ0) is 14.3. The number of hydrogen-bond donors (Lipinski definition) is 2. The van der Waals surface area contributed by atoms with Gasteiger partial charge in [0.15, 0.2) is 0 Å². The molecule has 0 bridgehead atoms. The fraction of sp³-hybridized carbons (Fsp3) is 0.500. The Morgan fingerprint density at radius 1 is 1.21 bits per heavy atom. The van der Waals surface area contributed by atoms with Gasteiger partial charge < -0.3 is 10.4 Å². The van der Waals surface area contributed by atoms with Crippen molar-refractivity contribution in [2.24, 2.45) is 0 Å². The molecule has 0 saturated heterocycles. The maximum absolute atomic E-state index is 9.51. The molecule has 0 unspecified atom stereocenters. The topological polar surface area (TPSA) is 32.3 Å². The van der Waals surface area contributed by atoms with E-state index in [9.17, 15) is 5.11 Å². The second-order valence-electron chi connectivity index (χ2n) is 6.22. The summed E-state index contributed by atoms with van der Waals surface area (Å²) in [7, 11) is -1.09. The van der Waals surface area contributed by atoms with Gasteiger partial charge in [0.05, 0.1) is 20.7 Å². The third-order valence-corrected chi connectivity index (χ3v) is 4.21. The minimum Gasteiger partial charge on any atom is -0.394 e. The summed E-state index contributed by atoms with van der Waals surface area (Å²) in [6.45, 7) is 9.30. The SMILES string of the molecule is C[C@H](C/C=C/[Si](C)(C)C)N[C@H](CO)c1ccccc1. The van der Waals surface area contributed by atoms with Gasteiger partial charge in [-0.3, -0.25) is 0 Å². The highest BCUT2D eigenvalue weighted by Crippen LogP contribution is 2.13. The van der Waals surface area contributed by atoms with E-state index in [1.165, 1.54) is 0 Å². The molecule has 0 radical (unpaired) electrons. The molecular formula is C16H27NOSi. The number of benzene rings is 1. The number of aliphatic hydroxyl groups excluding tert-OH is 1. The van der Waals surface area contributed by atoms with Gasteiger partial charge >= 0.3 is 0 Å². The van der Waals surface area contributed by atoms with Crippen LogP contribution in [0, 0.1) is 0 Å². The molecule has 0 aliphatic rings. The van der Waals surface area contributed by atoms with Crippen molar-refractivity contribution in [3.05, 3.63) is 47.7 Å². The zero-order valence-electron chi connectivity index (χ0n) is 12.6. The maximum atomic E-state index is 9.51. The molecule has 19 heavy (non-hydrogen) atoms. The van der Waals surface area contributed by atoms with Crippen molar-refractivity contribution in [1.29, 1.82) is 0 Å². The smallest absolute Gasteiger partial charge is 0.0682 e. The van der Waals surface area contributed by atoms with Crippen LogP contribution in [0.25, 0.3) is 0 Å². The Balaban J connectivity index is 2.50. The maximum Gasteiger partial charge on any atom is 0.0682 e. The molecule has 0 saturated carbocycles. The van der Waals surface area contributed by atoms with E-state index in [-0.39, 0.29) is 12.6 Å². The molecule has 0 amide bonds. The summed E-state index contributed by atoms with van der Waals surface area (Å²) in [5, 5.41) is 13.0. The van der Waals surface area contributed by atoms with E-state index in [0.717, 1.165) is 12.0 Å². The monoisotopic (exact) mass is 277 g/mol. The van der Waals surface area contributed by atoms with Gasteiger partial charge in [0.1, 0.15) is 0 Å². The third-order valence-electron chi connectivity index (χ3n) is 2.98. The van der Waals surface area contributed by atoms with Gasteiger partial charge in [-0.15, -0.1) is 0 Å². The van der Waals surface area contributed by atoms with E-state index in [2.05, 4.69) is 55.8 Å². The minimum absolute atomic E-state index is 0.0245. The molecule has 0 aliphatic heterocycles. The first kappa shape index (κ1) is 16.2. The largest absolute Gasteiger partial charge is 0.394 e. The molecule has 0 heterocycles. The van der Waals surface area contributed by atoms with Crippen LogP contribution in [0.3, 0.4) is 0 Å². The molecule has 2 nitrogen and oxygen atoms in total. The molecule has 0 aliphatic carbocycles. The second-order valence-corrected chi connectivity index (χ2v) is 11.3. The first-order valence-electron chi connectivity index (χ1n) is 7.02. The van der Waals surface area contributed by atoms with Gasteiger partial charge in [-0.1, -0.05) is 61.7 Å². The van der Waals surface area contributed by atoms with E-state index in [4.69, 9.17) is 0 Å². The first-order chi connectivity index (χ1) is 8.92. The van der Waals surface area contributed by atoms with Crippen LogP contribution in [-0.4, -0.2) is 25.8 Å². The number of aliphatic hydroxyl groups is 1. The zero-order valence-corrected chi connectivity index (χ0v) is 13.6. The van der Waals surface area contributed by atoms with E-state index < -0.39 is 8.07 Å². The fourth-order valence-electron chi connectivity index (χ4n) is 1.98. The highest BCUT2D eigenvalue weighted by molar-refractivity contribution is 6.80. The number of hydrogen-bond acceptors (Lipinski definition) is 2. The Labute approximate surface area is 118 Å². The molecule has 2 N–H and O–H groups in total. The van der Waals surface area contributed by atoms with Gasteiger partial charge in [0.25, 0.3) is 0 Å². The predicted octanol–water partition coefficient (Wildman–Crippen LogP) is 3.52. The van der Waals surface area contributed by atoms with Crippen molar-refractivity contribution in [2.75, 3.05) is 6.61 Å². The number of nitrogens with one attached hydrogen (secondary N) is 1. The van der Waals surface area contributed by atoms with Crippen molar-refractivity contribution < 1.29 is 5.11 Å². The fourth-order valence-corrected chi connectivity index (χ4v) is 2.82. The van der Waals surface area contributed by atoms with Gasteiger partial charge in [0.2, 0.25) is 0 Å². The molecule has 0 spiro atoms. The van der Waals surface area contributed by atoms with Crippen molar-refractivity contribution in [3.8, 4) is 0 Å². The van der Waals surface area contributed by atoms with Crippen LogP contribution in [0.5, 0.6) is 0 Å². The van der Waals surface area contributed by atoms with Crippen molar-refractivity contribution in [3.63, 3.8) is 0 Å². The highest BCUT2D eigenvalue weighted by Gasteiger charge is 2.12. The normalized spacial score (nSPS) is 15.6. The molecule has 1 rings (SSSR count). The van der Waals surface area contributed by atoms with Gasteiger partial charge in [0, 0.05) is 6.04 Å². The summed E-state index contributed by atoms with van der Waals surface area (Å²) in [4.78, 5) is 0. The first-order valence-corrected chi connectivity index (χ1v) is 10.6. The van der Waals surface area contributed by atoms with E-state index in [1.807, 2.05) is 18.2 Å². The van der Waals surface area contributed by atoms with Gasteiger partial charge in [-0.05, 0) is 18.9 Å². The highest BCUT2D eigenvalue weighted by atomic mass is 28.3. The molecule has 106 valence electrons. The van der Waals surface area contributed by atoms with Crippen LogP contribution in [0.15, 0.2) is 42.1 Å². The molecule has 0 aromatic heterocycles.